The van der Waals surface area contributed by atoms with Gasteiger partial charge in [-0.05, 0) is 50.2 Å². The zero-order chi connectivity index (χ0) is 20.2. The Morgan fingerprint density at radius 3 is 2.69 bits per heavy atom. The molecule has 3 aromatic rings. The molecule has 2 N–H and O–H groups in total. The van der Waals surface area contributed by atoms with Crippen molar-refractivity contribution >= 4 is 22.6 Å². The number of hydrogen-bond acceptors (Lipinski definition) is 5. The van der Waals surface area contributed by atoms with E-state index in [0.717, 1.165) is 42.6 Å². The van der Waals surface area contributed by atoms with Crippen LogP contribution in [0, 0.1) is 0 Å². The van der Waals surface area contributed by atoms with Crippen LogP contribution in [0.1, 0.15) is 48.8 Å². The molecule has 1 aliphatic carbocycles. The van der Waals surface area contributed by atoms with E-state index in [2.05, 4.69) is 29.4 Å². The summed E-state index contributed by atoms with van der Waals surface area (Å²) in [5.41, 5.74) is 1.48. The van der Waals surface area contributed by atoms with Gasteiger partial charge in [0, 0.05) is 18.0 Å². The first-order valence-corrected chi connectivity index (χ1v) is 10.4. The largest absolute Gasteiger partial charge is 0.468 e. The monoisotopic (exact) mass is 392 g/mol. The Bertz CT molecular complexity index is 962. The number of furan rings is 1. The third-order valence-electron chi connectivity index (χ3n) is 5.47. The lowest BCUT2D eigenvalue weighted by Gasteiger charge is -2.28. The summed E-state index contributed by atoms with van der Waals surface area (Å²) in [4.78, 5) is 19.9. The number of carbonyl (C=O) groups is 1. The summed E-state index contributed by atoms with van der Waals surface area (Å²) in [5.74, 6) is 1.60. The van der Waals surface area contributed by atoms with Crippen LogP contribution in [0.4, 0.5) is 5.82 Å². The van der Waals surface area contributed by atoms with Crippen LogP contribution in [0.3, 0.4) is 0 Å². The van der Waals surface area contributed by atoms with Gasteiger partial charge in [0.15, 0.2) is 0 Å². The predicted octanol–water partition coefficient (Wildman–Crippen LogP) is 4.22. The van der Waals surface area contributed by atoms with Gasteiger partial charge >= 0.3 is 0 Å². The van der Waals surface area contributed by atoms with Gasteiger partial charge in [0.2, 0.25) is 0 Å². The van der Waals surface area contributed by atoms with Crippen LogP contribution in [0.15, 0.2) is 53.1 Å². The standard InChI is InChI=1S/C23H28N4O2/c1-3-27(4-2)20(21-10-7-13-29-21)15-24-22-14-18(23(28)25-16-11-12-16)17-8-5-6-9-19(17)26-22/h5-10,13-14,16,20H,3-4,11-12,15H2,1-2H3,(H,24,26)(H,25,28). The Morgan fingerprint density at radius 2 is 2.00 bits per heavy atom. The molecule has 1 fully saturated rings. The number of nitrogens with zero attached hydrogens (tertiary/aromatic N) is 2. The molecule has 1 unspecified atom stereocenters. The van der Waals surface area contributed by atoms with Crippen molar-refractivity contribution in [3.63, 3.8) is 0 Å². The molecule has 0 spiro atoms. The SMILES string of the molecule is CCN(CC)C(CNc1cc(C(=O)NC2CC2)c2ccccc2n1)c1ccco1. The van der Waals surface area contributed by atoms with Crippen LogP contribution in [0.2, 0.25) is 0 Å². The molecule has 6 nitrogen and oxygen atoms in total. The summed E-state index contributed by atoms with van der Waals surface area (Å²) in [7, 11) is 0. The molecular weight excluding hydrogens is 364 g/mol. The first kappa shape index (κ1) is 19.5. The van der Waals surface area contributed by atoms with E-state index in [0.29, 0.717) is 24.0 Å². The van der Waals surface area contributed by atoms with Gasteiger partial charge in [0.25, 0.3) is 5.91 Å². The molecule has 6 heteroatoms. The molecule has 1 aromatic carbocycles. The van der Waals surface area contributed by atoms with Crippen LogP contribution >= 0.6 is 0 Å². The van der Waals surface area contributed by atoms with E-state index in [1.807, 2.05) is 42.5 Å². The van der Waals surface area contributed by atoms with E-state index in [9.17, 15) is 4.79 Å². The molecule has 152 valence electrons. The number of nitrogens with one attached hydrogen (secondary N) is 2. The molecule has 1 saturated carbocycles. The van der Waals surface area contributed by atoms with E-state index in [4.69, 9.17) is 9.40 Å². The number of aromatic nitrogens is 1. The van der Waals surface area contributed by atoms with Gasteiger partial charge in [-0.15, -0.1) is 0 Å². The van der Waals surface area contributed by atoms with Crippen molar-refractivity contribution in [2.75, 3.05) is 25.0 Å². The number of anilines is 1. The summed E-state index contributed by atoms with van der Waals surface area (Å²) in [6.07, 6.45) is 3.84. The Morgan fingerprint density at radius 1 is 1.21 bits per heavy atom. The van der Waals surface area contributed by atoms with E-state index in [-0.39, 0.29) is 11.9 Å². The maximum absolute atomic E-state index is 12.8. The average Bonchev–Trinajstić information content (AvgIpc) is 3.39. The second kappa shape index (κ2) is 8.66. The van der Waals surface area contributed by atoms with E-state index >= 15 is 0 Å². The molecule has 2 heterocycles. The number of hydrogen-bond donors (Lipinski definition) is 2. The van der Waals surface area contributed by atoms with Crippen molar-refractivity contribution in [2.24, 2.45) is 0 Å². The molecule has 0 bridgehead atoms. The lowest BCUT2D eigenvalue weighted by Crippen LogP contribution is -2.33. The minimum Gasteiger partial charge on any atom is -0.468 e. The van der Waals surface area contributed by atoms with Gasteiger partial charge < -0.3 is 15.1 Å². The molecule has 1 atom stereocenters. The van der Waals surface area contributed by atoms with Crippen LogP contribution in [-0.2, 0) is 0 Å². The van der Waals surface area contributed by atoms with Crippen molar-refractivity contribution in [2.45, 2.75) is 38.8 Å². The van der Waals surface area contributed by atoms with Crippen molar-refractivity contribution in [3.05, 3.63) is 60.1 Å². The van der Waals surface area contributed by atoms with Gasteiger partial charge in [-0.3, -0.25) is 9.69 Å². The smallest absolute Gasteiger partial charge is 0.252 e. The molecule has 4 rings (SSSR count). The van der Waals surface area contributed by atoms with E-state index < -0.39 is 0 Å². The predicted molar refractivity (Wildman–Crippen MR) is 115 cm³/mol. The molecule has 0 saturated heterocycles. The van der Waals surface area contributed by atoms with Crippen LogP contribution in [0.25, 0.3) is 10.9 Å². The molecule has 29 heavy (non-hydrogen) atoms. The van der Waals surface area contributed by atoms with Gasteiger partial charge in [0.05, 0.1) is 23.4 Å². The zero-order valence-electron chi connectivity index (χ0n) is 17.0. The second-order valence-corrected chi connectivity index (χ2v) is 7.45. The molecular formula is C23H28N4O2. The molecule has 0 aliphatic heterocycles. The number of benzene rings is 1. The average molecular weight is 393 g/mol. The third-order valence-corrected chi connectivity index (χ3v) is 5.47. The Balaban J connectivity index is 1.60. The number of pyridine rings is 1. The maximum atomic E-state index is 12.8. The first-order chi connectivity index (χ1) is 14.2. The van der Waals surface area contributed by atoms with Gasteiger partial charge in [-0.2, -0.15) is 0 Å². The lowest BCUT2D eigenvalue weighted by molar-refractivity contribution is 0.0952. The summed E-state index contributed by atoms with van der Waals surface area (Å²) < 4.78 is 5.69. The highest BCUT2D eigenvalue weighted by Gasteiger charge is 2.25. The highest BCUT2D eigenvalue weighted by atomic mass is 16.3. The van der Waals surface area contributed by atoms with Gasteiger partial charge in [-0.25, -0.2) is 4.98 Å². The Labute approximate surface area is 171 Å². The third kappa shape index (κ3) is 4.43. The van der Waals surface area contributed by atoms with Crippen molar-refractivity contribution in [3.8, 4) is 0 Å². The number of fused-ring (bicyclic) bond motifs is 1. The zero-order valence-corrected chi connectivity index (χ0v) is 17.0. The normalized spacial score (nSPS) is 14.9. The lowest BCUT2D eigenvalue weighted by atomic mass is 10.1. The van der Waals surface area contributed by atoms with Crippen LogP contribution < -0.4 is 10.6 Å². The first-order valence-electron chi connectivity index (χ1n) is 10.4. The Hall–Kier alpha value is -2.86. The second-order valence-electron chi connectivity index (χ2n) is 7.45. The minimum absolute atomic E-state index is 0.0273. The van der Waals surface area contributed by atoms with Crippen LogP contribution in [0.5, 0.6) is 0 Å². The van der Waals surface area contributed by atoms with Crippen molar-refractivity contribution in [1.82, 2.24) is 15.2 Å². The van der Waals surface area contributed by atoms with Gasteiger partial charge in [-0.1, -0.05) is 32.0 Å². The summed E-state index contributed by atoms with van der Waals surface area (Å²) in [6, 6.07) is 14.0. The number of amides is 1. The highest BCUT2D eigenvalue weighted by Crippen LogP contribution is 2.26. The Kier molecular flexibility index (Phi) is 5.81. The summed E-state index contributed by atoms with van der Waals surface area (Å²) in [6.45, 7) is 6.78. The number of para-hydroxylation sites is 1. The van der Waals surface area contributed by atoms with Crippen molar-refractivity contribution < 1.29 is 9.21 Å². The molecule has 0 radical (unpaired) electrons. The van der Waals surface area contributed by atoms with E-state index in [1.54, 1.807) is 6.26 Å². The van der Waals surface area contributed by atoms with Crippen LogP contribution in [-0.4, -0.2) is 41.5 Å². The fraction of sp³-hybridized carbons (Fsp3) is 0.391. The number of likely N-dealkylation sites (N-methyl/N-ethyl adjacent to an activating group) is 1. The fourth-order valence-electron chi connectivity index (χ4n) is 3.70. The van der Waals surface area contributed by atoms with Crippen molar-refractivity contribution in [1.29, 1.82) is 0 Å². The topological polar surface area (TPSA) is 70.4 Å². The molecule has 2 aromatic heterocycles. The van der Waals surface area contributed by atoms with E-state index in [1.165, 1.54) is 0 Å². The number of carbonyl (C=O) groups excluding carboxylic acids is 1. The summed E-state index contributed by atoms with van der Waals surface area (Å²) >= 11 is 0. The fourth-order valence-corrected chi connectivity index (χ4v) is 3.70. The quantitative estimate of drug-likeness (QED) is 0.571. The minimum atomic E-state index is -0.0273. The molecule has 1 aliphatic rings. The highest BCUT2D eigenvalue weighted by molar-refractivity contribution is 6.07. The maximum Gasteiger partial charge on any atom is 0.252 e. The van der Waals surface area contributed by atoms with Gasteiger partial charge in [0.1, 0.15) is 11.6 Å². The number of rotatable bonds is 9. The molecule has 1 amide bonds. The summed E-state index contributed by atoms with van der Waals surface area (Å²) in [5, 5.41) is 7.42.